The zero-order chi connectivity index (χ0) is 16.4. The zero-order valence-corrected chi connectivity index (χ0v) is 13.8. The average Bonchev–Trinajstić information content (AvgIpc) is 2.97. The molecular weight excluding hydrogens is 365 g/mol. The number of carbonyl (C=O) groups is 1. The molecule has 1 aliphatic heterocycles. The van der Waals surface area contributed by atoms with Crippen molar-refractivity contribution in [1.82, 2.24) is 0 Å². The molecule has 3 rings (SSSR count). The molecule has 0 radical (unpaired) electrons. The molecule has 0 aromatic heterocycles. The second kappa shape index (κ2) is 6.74. The topological polar surface area (TPSA) is 56.8 Å². The largest absolute Gasteiger partial charge is 0.482 e. The van der Waals surface area contributed by atoms with E-state index in [1.807, 2.05) is 0 Å². The van der Waals surface area contributed by atoms with Gasteiger partial charge < -0.3 is 19.5 Å². The van der Waals surface area contributed by atoms with Crippen LogP contribution in [0.25, 0.3) is 0 Å². The monoisotopic (exact) mass is 373 g/mol. The highest BCUT2D eigenvalue weighted by atomic mass is 35.5. The summed E-state index contributed by atoms with van der Waals surface area (Å²) in [7, 11) is 0. The lowest BCUT2D eigenvalue weighted by Gasteiger charge is -2.10. The lowest BCUT2D eigenvalue weighted by Crippen LogP contribution is -2.20. The predicted molar refractivity (Wildman–Crippen MR) is 88.2 cm³/mol. The summed E-state index contributed by atoms with van der Waals surface area (Å²) in [5, 5.41) is 3.57. The molecule has 2 aromatic carbocycles. The Kier molecular flexibility index (Phi) is 4.71. The third-order valence-corrected chi connectivity index (χ3v) is 4.01. The molecule has 1 heterocycles. The van der Waals surface area contributed by atoms with Crippen LogP contribution >= 0.6 is 34.8 Å². The first-order valence-corrected chi connectivity index (χ1v) is 7.63. The summed E-state index contributed by atoms with van der Waals surface area (Å²) in [5.41, 5.74) is 0.572. The molecule has 1 amide bonds. The summed E-state index contributed by atoms with van der Waals surface area (Å²) >= 11 is 17.7. The van der Waals surface area contributed by atoms with Crippen molar-refractivity contribution in [3.63, 3.8) is 0 Å². The number of hydrogen-bond acceptors (Lipinski definition) is 4. The highest BCUT2D eigenvalue weighted by Crippen LogP contribution is 2.35. The maximum absolute atomic E-state index is 11.9. The van der Waals surface area contributed by atoms with Gasteiger partial charge in [-0.3, -0.25) is 4.79 Å². The molecule has 0 unspecified atom stereocenters. The van der Waals surface area contributed by atoms with Crippen LogP contribution in [0.5, 0.6) is 17.2 Å². The second-order valence-electron chi connectivity index (χ2n) is 4.60. The number of halogens is 3. The maximum Gasteiger partial charge on any atom is 0.262 e. The quantitative estimate of drug-likeness (QED) is 0.806. The zero-order valence-electron chi connectivity index (χ0n) is 11.6. The molecule has 5 nitrogen and oxygen atoms in total. The van der Waals surface area contributed by atoms with Crippen LogP contribution < -0.4 is 19.5 Å². The molecule has 0 bridgehead atoms. The van der Waals surface area contributed by atoms with Gasteiger partial charge in [0.1, 0.15) is 5.75 Å². The predicted octanol–water partition coefficient (Wildman–Crippen LogP) is 4.39. The fourth-order valence-corrected chi connectivity index (χ4v) is 2.52. The van der Waals surface area contributed by atoms with Crippen molar-refractivity contribution < 1.29 is 19.0 Å². The number of amides is 1. The fourth-order valence-electron chi connectivity index (χ4n) is 1.93. The molecular formula is C15H10Cl3NO4. The van der Waals surface area contributed by atoms with E-state index in [1.54, 1.807) is 18.2 Å². The third-order valence-electron chi connectivity index (χ3n) is 2.99. The lowest BCUT2D eigenvalue weighted by atomic mass is 10.3. The minimum Gasteiger partial charge on any atom is -0.482 e. The summed E-state index contributed by atoms with van der Waals surface area (Å²) in [6.45, 7) is -0.0577. The lowest BCUT2D eigenvalue weighted by molar-refractivity contribution is -0.118. The number of carbonyl (C=O) groups excluding carboxylic acids is 1. The van der Waals surface area contributed by atoms with E-state index in [-0.39, 0.29) is 30.1 Å². The van der Waals surface area contributed by atoms with Gasteiger partial charge in [-0.15, -0.1) is 0 Å². The molecule has 0 spiro atoms. The first kappa shape index (κ1) is 16.1. The Hall–Kier alpha value is -1.82. The number of benzene rings is 2. The van der Waals surface area contributed by atoms with Gasteiger partial charge in [0.2, 0.25) is 6.79 Å². The first-order chi connectivity index (χ1) is 11.0. The van der Waals surface area contributed by atoms with Crippen LogP contribution in [0.1, 0.15) is 0 Å². The average molecular weight is 375 g/mol. The number of fused-ring (bicyclic) bond motifs is 1. The molecule has 120 valence electrons. The second-order valence-corrected chi connectivity index (χ2v) is 5.82. The van der Waals surface area contributed by atoms with Gasteiger partial charge in [0.15, 0.2) is 18.1 Å². The van der Waals surface area contributed by atoms with Gasteiger partial charge in [0.25, 0.3) is 5.91 Å². The number of rotatable bonds is 4. The minimum atomic E-state index is -0.356. The van der Waals surface area contributed by atoms with Crippen molar-refractivity contribution in [2.75, 3.05) is 18.7 Å². The Morgan fingerprint density at radius 2 is 1.78 bits per heavy atom. The normalized spacial score (nSPS) is 12.1. The van der Waals surface area contributed by atoms with Gasteiger partial charge in [0.05, 0.1) is 15.1 Å². The Morgan fingerprint density at radius 3 is 2.61 bits per heavy atom. The van der Waals surface area contributed by atoms with E-state index in [2.05, 4.69) is 5.32 Å². The van der Waals surface area contributed by atoms with Crippen LogP contribution in [0, 0.1) is 0 Å². The SMILES string of the molecule is O=C(COc1cc(Cl)c(Cl)cc1Cl)Nc1ccc2c(c1)OCO2. The summed E-state index contributed by atoms with van der Waals surface area (Å²) in [6.07, 6.45) is 0. The van der Waals surface area contributed by atoms with Crippen LogP contribution in [0.2, 0.25) is 15.1 Å². The van der Waals surface area contributed by atoms with Gasteiger partial charge in [-0.1, -0.05) is 34.8 Å². The molecule has 0 atom stereocenters. The third kappa shape index (κ3) is 3.75. The van der Waals surface area contributed by atoms with Crippen LogP contribution in [-0.2, 0) is 4.79 Å². The van der Waals surface area contributed by atoms with E-state index in [9.17, 15) is 4.79 Å². The van der Waals surface area contributed by atoms with Gasteiger partial charge >= 0.3 is 0 Å². The van der Waals surface area contributed by atoms with Crippen molar-refractivity contribution in [3.05, 3.63) is 45.4 Å². The molecule has 2 aromatic rings. The number of hydrogen-bond donors (Lipinski definition) is 1. The van der Waals surface area contributed by atoms with Crippen molar-refractivity contribution in [1.29, 1.82) is 0 Å². The Bertz CT molecular complexity index is 767. The van der Waals surface area contributed by atoms with Crippen LogP contribution in [0.3, 0.4) is 0 Å². The fraction of sp³-hybridized carbons (Fsp3) is 0.133. The van der Waals surface area contributed by atoms with E-state index >= 15 is 0 Å². The first-order valence-electron chi connectivity index (χ1n) is 6.50. The standard InChI is InChI=1S/C15H10Cl3NO4/c16-9-4-11(18)13(5-10(9)17)21-6-15(20)19-8-1-2-12-14(3-8)23-7-22-12/h1-5H,6-7H2,(H,19,20). The molecule has 23 heavy (non-hydrogen) atoms. The summed E-state index contributed by atoms with van der Waals surface area (Å²) in [5.74, 6) is 1.14. The summed E-state index contributed by atoms with van der Waals surface area (Å²) in [6, 6.07) is 8.01. The Morgan fingerprint density at radius 1 is 1.04 bits per heavy atom. The summed E-state index contributed by atoms with van der Waals surface area (Å²) < 4.78 is 15.8. The van der Waals surface area contributed by atoms with E-state index in [0.717, 1.165) is 0 Å². The molecule has 0 saturated carbocycles. The van der Waals surface area contributed by atoms with Gasteiger partial charge in [-0.2, -0.15) is 0 Å². The van der Waals surface area contributed by atoms with E-state index in [0.29, 0.717) is 27.2 Å². The van der Waals surface area contributed by atoms with Crippen LogP contribution in [0.15, 0.2) is 30.3 Å². The van der Waals surface area contributed by atoms with Crippen LogP contribution in [0.4, 0.5) is 5.69 Å². The van der Waals surface area contributed by atoms with Crippen molar-refractivity contribution in [2.45, 2.75) is 0 Å². The Balaban J connectivity index is 1.61. The molecule has 0 fully saturated rings. The molecule has 0 aliphatic carbocycles. The van der Waals surface area contributed by atoms with Gasteiger partial charge in [-0.25, -0.2) is 0 Å². The van der Waals surface area contributed by atoms with E-state index < -0.39 is 0 Å². The molecule has 8 heteroatoms. The minimum absolute atomic E-state index is 0.172. The number of ether oxygens (including phenoxy) is 3. The van der Waals surface area contributed by atoms with Crippen molar-refractivity contribution >= 4 is 46.4 Å². The van der Waals surface area contributed by atoms with E-state index in [4.69, 9.17) is 49.0 Å². The van der Waals surface area contributed by atoms with Gasteiger partial charge in [-0.05, 0) is 18.2 Å². The molecule has 0 saturated heterocycles. The number of nitrogens with one attached hydrogen (secondary N) is 1. The Labute approximate surface area is 147 Å². The van der Waals surface area contributed by atoms with Crippen LogP contribution in [-0.4, -0.2) is 19.3 Å². The highest BCUT2D eigenvalue weighted by Gasteiger charge is 2.15. The van der Waals surface area contributed by atoms with Crippen molar-refractivity contribution in [3.8, 4) is 17.2 Å². The smallest absolute Gasteiger partial charge is 0.262 e. The molecule has 1 aliphatic rings. The number of anilines is 1. The molecule has 1 N–H and O–H groups in total. The maximum atomic E-state index is 11.9. The summed E-state index contributed by atoms with van der Waals surface area (Å²) in [4.78, 5) is 11.9. The highest BCUT2D eigenvalue weighted by molar-refractivity contribution is 6.43. The van der Waals surface area contributed by atoms with Crippen molar-refractivity contribution in [2.24, 2.45) is 0 Å². The van der Waals surface area contributed by atoms with Gasteiger partial charge in [0, 0.05) is 17.8 Å². The van der Waals surface area contributed by atoms with E-state index in [1.165, 1.54) is 12.1 Å².